The topological polar surface area (TPSA) is 59.3 Å². The van der Waals surface area contributed by atoms with Crippen molar-refractivity contribution in [3.05, 3.63) is 75.6 Å². The maximum absolute atomic E-state index is 12.4. The Morgan fingerprint density at radius 3 is 2.60 bits per heavy atom. The quantitative estimate of drug-likeness (QED) is 0.688. The average Bonchev–Trinajstić information content (AvgIpc) is 2.61. The van der Waals surface area contributed by atoms with E-state index in [1.807, 2.05) is 49.4 Å². The lowest BCUT2D eigenvalue weighted by Gasteiger charge is -2.07. The van der Waals surface area contributed by atoms with Gasteiger partial charge in [-0.05, 0) is 49.1 Å². The van der Waals surface area contributed by atoms with Gasteiger partial charge >= 0.3 is 5.63 Å². The number of hydrogen-bond acceptors (Lipinski definition) is 3. The van der Waals surface area contributed by atoms with Crippen LogP contribution in [-0.4, -0.2) is 5.91 Å². The number of anilines is 1. The lowest BCUT2D eigenvalue weighted by Crippen LogP contribution is -2.20. The molecule has 0 saturated carbocycles. The molecule has 3 aromatic rings. The molecule has 0 aliphatic heterocycles. The minimum absolute atomic E-state index is 0.00756. The van der Waals surface area contributed by atoms with Gasteiger partial charge in [0.2, 0.25) is 0 Å². The van der Waals surface area contributed by atoms with Crippen LogP contribution >= 0.6 is 0 Å². The molecule has 0 fully saturated rings. The van der Waals surface area contributed by atoms with Crippen molar-refractivity contribution in [3.8, 4) is 0 Å². The molecule has 0 aliphatic rings. The molecule has 1 aromatic heterocycles. The van der Waals surface area contributed by atoms with E-state index in [9.17, 15) is 9.59 Å². The van der Waals surface area contributed by atoms with Gasteiger partial charge in [-0.3, -0.25) is 4.79 Å². The summed E-state index contributed by atoms with van der Waals surface area (Å²) in [7, 11) is 0. The van der Waals surface area contributed by atoms with Gasteiger partial charge in [-0.15, -0.1) is 0 Å². The van der Waals surface area contributed by atoms with Gasteiger partial charge in [-0.1, -0.05) is 43.7 Å². The molecule has 0 unspecified atom stereocenters. The first-order valence-corrected chi connectivity index (χ1v) is 8.52. The number of benzene rings is 2. The Kier molecular flexibility index (Phi) is 4.98. The zero-order valence-electron chi connectivity index (χ0n) is 14.5. The molecular weight excluding hydrogens is 314 g/mol. The smallest absolute Gasteiger partial charge is 0.349 e. The summed E-state index contributed by atoms with van der Waals surface area (Å²) in [4.78, 5) is 24.6. The van der Waals surface area contributed by atoms with Crippen LogP contribution in [-0.2, 0) is 6.42 Å². The number of carbonyl (C=O) groups excluding carboxylic acids is 1. The molecule has 0 spiro atoms. The van der Waals surface area contributed by atoms with Gasteiger partial charge in [0.1, 0.15) is 11.1 Å². The van der Waals surface area contributed by atoms with Crippen LogP contribution in [0.2, 0.25) is 0 Å². The highest BCUT2D eigenvalue weighted by Gasteiger charge is 2.14. The summed E-state index contributed by atoms with van der Waals surface area (Å²) in [6.45, 7) is 4.02. The normalized spacial score (nSPS) is 10.8. The largest absolute Gasteiger partial charge is 0.422 e. The van der Waals surface area contributed by atoms with E-state index in [1.54, 1.807) is 6.07 Å². The molecule has 0 radical (unpaired) electrons. The van der Waals surface area contributed by atoms with E-state index in [4.69, 9.17) is 4.42 Å². The van der Waals surface area contributed by atoms with Gasteiger partial charge < -0.3 is 9.73 Å². The molecule has 4 nitrogen and oxygen atoms in total. The van der Waals surface area contributed by atoms with Crippen molar-refractivity contribution in [1.29, 1.82) is 0 Å². The molecule has 128 valence electrons. The SMILES string of the molecule is CCCCc1ccc(NC(=O)c2cc3cccc(C)c3oc2=O)cc1. The van der Waals surface area contributed by atoms with Crippen LogP contribution in [0.5, 0.6) is 0 Å². The summed E-state index contributed by atoms with van der Waals surface area (Å²) in [5, 5.41) is 3.50. The summed E-state index contributed by atoms with van der Waals surface area (Å²) in [5.41, 5.74) is 2.66. The van der Waals surface area contributed by atoms with E-state index in [-0.39, 0.29) is 5.56 Å². The van der Waals surface area contributed by atoms with Crippen molar-refractivity contribution < 1.29 is 9.21 Å². The minimum atomic E-state index is -0.626. The fourth-order valence-corrected chi connectivity index (χ4v) is 2.78. The van der Waals surface area contributed by atoms with Gasteiger partial charge in [-0.2, -0.15) is 0 Å². The highest BCUT2D eigenvalue weighted by atomic mass is 16.4. The van der Waals surface area contributed by atoms with Crippen LogP contribution in [0, 0.1) is 6.92 Å². The summed E-state index contributed by atoms with van der Waals surface area (Å²) in [6.07, 6.45) is 3.32. The second-order valence-corrected chi connectivity index (χ2v) is 6.20. The van der Waals surface area contributed by atoms with Crippen molar-refractivity contribution in [2.45, 2.75) is 33.1 Å². The van der Waals surface area contributed by atoms with Gasteiger partial charge in [-0.25, -0.2) is 4.79 Å². The molecule has 0 aliphatic carbocycles. The van der Waals surface area contributed by atoms with E-state index < -0.39 is 11.5 Å². The Balaban J connectivity index is 1.82. The maximum Gasteiger partial charge on any atom is 0.349 e. The molecule has 4 heteroatoms. The second kappa shape index (κ2) is 7.34. The number of nitrogens with one attached hydrogen (secondary N) is 1. The fraction of sp³-hybridized carbons (Fsp3) is 0.238. The summed E-state index contributed by atoms with van der Waals surface area (Å²) >= 11 is 0. The van der Waals surface area contributed by atoms with Crippen LogP contribution in [0.3, 0.4) is 0 Å². The number of carbonyl (C=O) groups is 1. The highest BCUT2D eigenvalue weighted by molar-refractivity contribution is 6.05. The zero-order chi connectivity index (χ0) is 17.8. The summed E-state index contributed by atoms with van der Waals surface area (Å²) in [5.74, 6) is -0.460. The number of fused-ring (bicyclic) bond motifs is 1. The van der Waals surface area contributed by atoms with E-state index >= 15 is 0 Å². The first kappa shape index (κ1) is 17.0. The predicted molar refractivity (Wildman–Crippen MR) is 100 cm³/mol. The molecule has 1 heterocycles. The van der Waals surface area contributed by atoms with Gasteiger partial charge in [0.05, 0.1) is 0 Å². The molecule has 0 saturated heterocycles. The van der Waals surface area contributed by atoms with Crippen molar-refractivity contribution >= 4 is 22.6 Å². The van der Waals surface area contributed by atoms with Gasteiger partial charge in [0.15, 0.2) is 0 Å². The monoisotopic (exact) mass is 335 g/mol. The van der Waals surface area contributed by atoms with E-state index in [2.05, 4.69) is 12.2 Å². The van der Waals surface area contributed by atoms with Crippen molar-refractivity contribution in [2.75, 3.05) is 5.32 Å². The maximum atomic E-state index is 12.4. The van der Waals surface area contributed by atoms with Crippen molar-refractivity contribution in [3.63, 3.8) is 0 Å². The lowest BCUT2D eigenvalue weighted by atomic mass is 10.1. The number of rotatable bonds is 5. The van der Waals surface area contributed by atoms with Crippen LogP contribution < -0.4 is 10.9 Å². The molecule has 1 N–H and O–H groups in total. The second-order valence-electron chi connectivity index (χ2n) is 6.20. The zero-order valence-corrected chi connectivity index (χ0v) is 14.5. The van der Waals surface area contributed by atoms with Gasteiger partial charge in [0, 0.05) is 11.1 Å². The molecule has 25 heavy (non-hydrogen) atoms. The summed E-state index contributed by atoms with van der Waals surface area (Å²) in [6, 6.07) is 14.9. The van der Waals surface area contributed by atoms with E-state index in [0.717, 1.165) is 30.2 Å². The molecule has 3 rings (SSSR count). The molecule has 1 amide bonds. The first-order chi connectivity index (χ1) is 12.1. The Labute approximate surface area is 146 Å². The van der Waals surface area contributed by atoms with Crippen LogP contribution in [0.4, 0.5) is 5.69 Å². The molecule has 2 aromatic carbocycles. The molecular formula is C21H21NO3. The first-order valence-electron chi connectivity index (χ1n) is 8.52. The van der Waals surface area contributed by atoms with Crippen LogP contribution in [0.25, 0.3) is 11.0 Å². The minimum Gasteiger partial charge on any atom is -0.422 e. The van der Waals surface area contributed by atoms with Crippen LogP contribution in [0.15, 0.2) is 57.7 Å². The third-order valence-electron chi connectivity index (χ3n) is 4.23. The Hall–Kier alpha value is -2.88. The number of aryl methyl sites for hydroxylation is 2. The standard InChI is InChI=1S/C21H21NO3/c1-3-4-7-15-9-11-17(12-10-15)22-20(23)18-13-16-8-5-6-14(2)19(16)25-21(18)24/h5-6,8-13H,3-4,7H2,1-2H3,(H,22,23). The lowest BCUT2D eigenvalue weighted by molar-refractivity contribution is 0.102. The molecule has 0 atom stereocenters. The Morgan fingerprint density at radius 2 is 1.88 bits per heavy atom. The fourth-order valence-electron chi connectivity index (χ4n) is 2.78. The Morgan fingerprint density at radius 1 is 1.12 bits per heavy atom. The third-order valence-corrected chi connectivity index (χ3v) is 4.23. The molecule has 0 bridgehead atoms. The highest BCUT2D eigenvalue weighted by Crippen LogP contribution is 2.18. The number of hydrogen-bond donors (Lipinski definition) is 1. The van der Waals surface area contributed by atoms with E-state index in [1.165, 1.54) is 5.56 Å². The van der Waals surface area contributed by atoms with Gasteiger partial charge in [0.25, 0.3) is 5.91 Å². The summed E-state index contributed by atoms with van der Waals surface area (Å²) < 4.78 is 5.33. The predicted octanol–water partition coefficient (Wildman–Crippen LogP) is 4.70. The number of unbranched alkanes of at least 4 members (excludes halogenated alkanes) is 1. The average molecular weight is 335 g/mol. The van der Waals surface area contributed by atoms with Crippen molar-refractivity contribution in [2.24, 2.45) is 0 Å². The Bertz CT molecular complexity index is 955. The number of para-hydroxylation sites is 1. The van der Waals surface area contributed by atoms with Crippen molar-refractivity contribution in [1.82, 2.24) is 0 Å². The third kappa shape index (κ3) is 3.79. The number of amides is 1. The van der Waals surface area contributed by atoms with Crippen LogP contribution in [0.1, 0.15) is 41.3 Å². The van der Waals surface area contributed by atoms with E-state index in [0.29, 0.717) is 11.3 Å².